The van der Waals surface area contributed by atoms with Crippen LogP contribution in [0.25, 0.3) is 11.3 Å². The number of halogens is 3. The molecule has 2 aromatic heterocycles. The van der Waals surface area contributed by atoms with Gasteiger partial charge in [0.05, 0.1) is 11.3 Å². The van der Waals surface area contributed by atoms with Crippen LogP contribution in [0.2, 0.25) is 0 Å². The lowest BCUT2D eigenvalue weighted by molar-refractivity contribution is -0.137. The predicted octanol–water partition coefficient (Wildman–Crippen LogP) is 3.81. The zero-order valence-corrected chi connectivity index (χ0v) is 12.7. The van der Waals surface area contributed by atoms with Crippen LogP contribution in [0, 0.1) is 0 Å². The molecule has 0 saturated carbocycles. The quantitative estimate of drug-likeness (QED) is 0.784. The summed E-state index contributed by atoms with van der Waals surface area (Å²) in [6, 6.07) is 12.6. The summed E-state index contributed by atoms with van der Waals surface area (Å²) in [7, 11) is 0. The van der Waals surface area contributed by atoms with Crippen molar-refractivity contribution in [1.82, 2.24) is 15.2 Å². The first-order valence-corrected chi connectivity index (χ1v) is 7.17. The molecule has 2 heterocycles. The zero-order valence-electron chi connectivity index (χ0n) is 12.7. The summed E-state index contributed by atoms with van der Waals surface area (Å²) in [5.41, 5.74) is -0.00236. The molecule has 5 nitrogen and oxygen atoms in total. The molecule has 0 fully saturated rings. The van der Waals surface area contributed by atoms with Gasteiger partial charge in [0.15, 0.2) is 5.82 Å². The Morgan fingerprint density at radius 2 is 1.80 bits per heavy atom. The number of alkyl halides is 3. The van der Waals surface area contributed by atoms with Crippen LogP contribution >= 0.6 is 0 Å². The topological polar surface area (TPSA) is 67.8 Å². The second kappa shape index (κ2) is 6.68. The third-order valence-corrected chi connectivity index (χ3v) is 3.29. The molecule has 0 unspecified atom stereocenters. The molecule has 1 aromatic carbocycles. The number of hydrogen-bond donors (Lipinski definition) is 1. The van der Waals surface area contributed by atoms with Crippen LogP contribution in [0.3, 0.4) is 0 Å². The Morgan fingerprint density at radius 1 is 0.960 bits per heavy atom. The molecule has 1 amide bonds. The molecule has 0 spiro atoms. The van der Waals surface area contributed by atoms with Crippen molar-refractivity contribution in [2.45, 2.75) is 6.18 Å². The van der Waals surface area contributed by atoms with Crippen molar-refractivity contribution in [2.75, 3.05) is 5.32 Å². The fourth-order valence-corrected chi connectivity index (χ4v) is 2.09. The SMILES string of the molecule is O=C(Nc1ccc(-c2cccc(C(F)(F)F)c2)nn1)c1ccccn1. The van der Waals surface area contributed by atoms with E-state index >= 15 is 0 Å². The van der Waals surface area contributed by atoms with Crippen molar-refractivity contribution in [3.05, 3.63) is 72.1 Å². The third-order valence-electron chi connectivity index (χ3n) is 3.29. The first-order chi connectivity index (χ1) is 11.9. The van der Waals surface area contributed by atoms with Gasteiger partial charge in [-0.05, 0) is 36.4 Å². The Kier molecular flexibility index (Phi) is 4.42. The van der Waals surface area contributed by atoms with Gasteiger partial charge in [0.2, 0.25) is 0 Å². The number of hydrogen-bond acceptors (Lipinski definition) is 4. The van der Waals surface area contributed by atoms with Crippen LogP contribution in [0.4, 0.5) is 19.0 Å². The molecule has 0 bridgehead atoms. The van der Waals surface area contributed by atoms with E-state index in [0.717, 1.165) is 12.1 Å². The van der Waals surface area contributed by atoms with E-state index in [2.05, 4.69) is 20.5 Å². The summed E-state index contributed by atoms with van der Waals surface area (Å²) in [5, 5.41) is 10.2. The van der Waals surface area contributed by atoms with Gasteiger partial charge in [-0.3, -0.25) is 9.78 Å². The van der Waals surface area contributed by atoms with Gasteiger partial charge in [-0.25, -0.2) is 0 Å². The standard InChI is InChI=1S/C17H11F3N4O/c18-17(19,20)12-5-3-4-11(10-12)13-7-8-15(24-23-13)22-16(25)14-6-1-2-9-21-14/h1-10H,(H,22,24,25). The summed E-state index contributed by atoms with van der Waals surface area (Å²) in [5.74, 6) is -0.284. The Hall–Kier alpha value is -3.29. The number of amides is 1. The highest BCUT2D eigenvalue weighted by atomic mass is 19.4. The minimum atomic E-state index is -4.43. The number of aromatic nitrogens is 3. The minimum Gasteiger partial charge on any atom is -0.304 e. The van der Waals surface area contributed by atoms with Crippen LogP contribution in [-0.2, 0) is 6.18 Å². The summed E-state index contributed by atoms with van der Waals surface area (Å²) < 4.78 is 38.3. The number of anilines is 1. The Balaban J connectivity index is 1.78. The van der Waals surface area contributed by atoms with Gasteiger partial charge in [-0.15, -0.1) is 10.2 Å². The molecule has 0 aliphatic carbocycles. The molecule has 0 atom stereocenters. The van der Waals surface area contributed by atoms with Gasteiger partial charge in [-0.1, -0.05) is 18.2 Å². The normalized spacial score (nSPS) is 11.2. The molecule has 0 aliphatic rings. The van der Waals surface area contributed by atoms with Crippen molar-refractivity contribution in [3.8, 4) is 11.3 Å². The lowest BCUT2D eigenvalue weighted by Gasteiger charge is -2.08. The maximum atomic E-state index is 12.8. The Bertz CT molecular complexity index is 880. The fraction of sp³-hybridized carbons (Fsp3) is 0.0588. The molecule has 3 rings (SSSR count). The van der Waals surface area contributed by atoms with Gasteiger partial charge in [0, 0.05) is 11.8 Å². The molecule has 0 saturated heterocycles. The number of carbonyl (C=O) groups excluding carboxylic acids is 1. The molecule has 126 valence electrons. The van der Waals surface area contributed by atoms with Crippen molar-refractivity contribution in [2.24, 2.45) is 0 Å². The smallest absolute Gasteiger partial charge is 0.304 e. The van der Waals surface area contributed by atoms with Gasteiger partial charge in [0.25, 0.3) is 5.91 Å². The molecule has 8 heteroatoms. The second-order valence-electron chi connectivity index (χ2n) is 5.05. The predicted molar refractivity (Wildman–Crippen MR) is 84.7 cm³/mol. The number of nitrogens with zero attached hydrogens (tertiary/aromatic N) is 3. The highest BCUT2D eigenvalue weighted by molar-refractivity contribution is 6.02. The number of carbonyl (C=O) groups is 1. The first-order valence-electron chi connectivity index (χ1n) is 7.17. The van der Waals surface area contributed by atoms with Gasteiger partial charge in [-0.2, -0.15) is 13.2 Å². The van der Waals surface area contributed by atoms with Gasteiger partial charge in [0.1, 0.15) is 5.69 Å². The van der Waals surface area contributed by atoms with Gasteiger partial charge >= 0.3 is 6.18 Å². The third kappa shape index (κ3) is 3.97. The Labute approximate surface area is 140 Å². The maximum absolute atomic E-state index is 12.8. The number of rotatable bonds is 3. The van der Waals surface area contributed by atoms with Crippen LogP contribution < -0.4 is 5.32 Å². The molecule has 3 aromatic rings. The lowest BCUT2D eigenvalue weighted by Crippen LogP contribution is -2.14. The van der Waals surface area contributed by atoms with E-state index in [1.54, 1.807) is 18.2 Å². The number of benzene rings is 1. The van der Waals surface area contributed by atoms with E-state index in [4.69, 9.17) is 0 Å². The van der Waals surface area contributed by atoms with Crippen LogP contribution in [-0.4, -0.2) is 21.1 Å². The summed E-state index contributed by atoms with van der Waals surface area (Å²) in [4.78, 5) is 15.9. The van der Waals surface area contributed by atoms with E-state index in [9.17, 15) is 18.0 Å². The average Bonchev–Trinajstić information content (AvgIpc) is 2.62. The highest BCUT2D eigenvalue weighted by Crippen LogP contribution is 2.31. The highest BCUT2D eigenvalue weighted by Gasteiger charge is 2.30. The van der Waals surface area contributed by atoms with E-state index in [1.165, 1.54) is 30.5 Å². The fourth-order valence-electron chi connectivity index (χ4n) is 2.09. The first kappa shape index (κ1) is 16.6. The van der Waals surface area contributed by atoms with E-state index in [0.29, 0.717) is 0 Å². The van der Waals surface area contributed by atoms with Crippen LogP contribution in [0.1, 0.15) is 16.1 Å². The summed E-state index contributed by atoms with van der Waals surface area (Å²) in [6.07, 6.45) is -2.95. The van der Waals surface area contributed by atoms with Gasteiger partial charge < -0.3 is 5.32 Å². The molecular weight excluding hydrogens is 333 g/mol. The van der Waals surface area contributed by atoms with Crippen molar-refractivity contribution in [1.29, 1.82) is 0 Å². The average molecular weight is 344 g/mol. The van der Waals surface area contributed by atoms with Crippen molar-refractivity contribution >= 4 is 11.7 Å². The van der Waals surface area contributed by atoms with Crippen LogP contribution in [0.5, 0.6) is 0 Å². The molecule has 0 radical (unpaired) electrons. The molecule has 1 N–H and O–H groups in total. The van der Waals surface area contributed by atoms with E-state index < -0.39 is 17.6 Å². The lowest BCUT2D eigenvalue weighted by atomic mass is 10.1. The van der Waals surface area contributed by atoms with E-state index in [1.807, 2.05) is 0 Å². The van der Waals surface area contributed by atoms with E-state index in [-0.39, 0.29) is 22.8 Å². The van der Waals surface area contributed by atoms with Crippen LogP contribution in [0.15, 0.2) is 60.8 Å². The molecular formula is C17H11F3N4O. The summed E-state index contributed by atoms with van der Waals surface area (Å²) in [6.45, 7) is 0. The Morgan fingerprint density at radius 3 is 2.44 bits per heavy atom. The maximum Gasteiger partial charge on any atom is 0.416 e. The summed E-state index contributed by atoms with van der Waals surface area (Å²) >= 11 is 0. The monoisotopic (exact) mass is 344 g/mol. The zero-order chi connectivity index (χ0) is 17.9. The largest absolute Gasteiger partial charge is 0.416 e. The minimum absolute atomic E-state index is 0.173. The number of nitrogens with one attached hydrogen (secondary N) is 1. The second-order valence-corrected chi connectivity index (χ2v) is 5.05. The van der Waals surface area contributed by atoms with Crippen molar-refractivity contribution < 1.29 is 18.0 Å². The molecule has 0 aliphatic heterocycles. The van der Waals surface area contributed by atoms with Crippen molar-refractivity contribution in [3.63, 3.8) is 0 Å². The number of pyridine rings is 1. The molecule has 25 heavy (non-hydrogen) atoms.